The van der Waals surface area contributed by atoms with Crippen LogP contribution in [-0.4, -0.2) is 73.6 Å². The van der Waals surface area contributed by atoms with Gasteiger partial charge in [0.2, 0.25) is 0 Å². The maximum Gasteiger partial charge on any atom is 0.0168 e. The van der Waals surface area contributed by atoms with Crippen LogP contribution < -0.4 is 0 Å². The zero-order valence-electron chi connectivity index (χ0n) is 17.5. The molecule has 1 atom stereocenters. The zero-order valence-corrected chi connectivity index (χ0v) is 17.5. The van der Waals surface area contributed by atoms with Crippen molar-refractivity contribution in [1.82, 2.24) is 14.7 Å². The normalized spacial score (nSPS) is 14.2. The van der Waals surface area contributed by atoms with Crippen LogP contribution in [0.4, 0.5) is 0 Å². The van der Waals surface area contributed by atoms with Crippen molar-refractivity contribution < 1.29 is 0 Å². The van der Waals surface area contributed by atoms with Crippen LogP contribution in [0, 0.1) is 0 Å². The van der Waals surface area contributed by atoms with E-state index in [1.807, 2.05) is 0 Å². The van der Waals surface area contributed by atoms with Crippen LogP contribution >= 0.6 is 0 Å². The molecule has 3 nitrogen and oxygen atoms in total. The van der Waals surface area contributed by atoms with Crippen LogP contribution in [0.15, 0.2) is 0 Å². The van der Waals surface area contributed by atoms with Gasteiger partial charge in [0.1, 0.15) is 0 Å². The van der Waals surface area contributed by atoms with Gasteiger partial charge < -0.3 is 9.80 Å². The minimum absolute atomic E-state index is 0.267. The second kappa shape index (κ2) is 12.3. The third-order valence-corrected chi connectivity index (χ3v) is 5.08. The van der Waals surface area contributed by atoms with Gasteiger partial charge in [-0.05, 0) is 74.3 Å². The maximum absolute atomic E-state index is 2.69. The van der Waals surface area contributed by atoms with Gasteiger partial charge in [0.25, 0.3) is 0 Å². The lowest BCUT2D eigenvalue weighted by molar-refractivity contribution is 0.0735. The standard InChI is InChI=1S/C20H45N3/c1-9-11-12-13-15-22(8)19(3)18-20(4,5)23(14-10-2)17-16-21(6)7/h19H,9-18H2,1-8H3. The summed E-state index contributed by atoms with van der Waals surface area (Å²) in [6.07, 6.45) is 7.89. The molecule has 0 fully saturated rings. The van der Waals surface area contributed by atoms with Crippen LogP contribution in [0.2, 0.25) is 0 Å². The molecule has 0 N–H and O–H groups in total. The summed E-state index contributed by atoms with van der Waals surface area (Å²) in [7, 11) is 6.64. The second-order valence-corrected chi connectivity index (χ2v) is 8.20. The molecular weight excluding hydrogens is 282 g/mol. The Morgan fingerprint density at radius 1 is 0.783 bits per heavy atom. The number of hydrogen-bond acceptors (Lipinski definition) is 3. The van der Waals surface area contributed by atoms with Crippen LogP contribution in [0.25, 0.3) is 0 Å². The molecule has 0 saturated carbocycles. The van der Waals surface area contributed by atoms with E-state index in [1.165, 1.54) is 58.2 Å². The molecule has 0 aromatic carbocycles. The predicted molar refractivity (Wildman–Crippen MR) is 105 cm³/mol. The number of unbranched alkanes of at least 4 members (excludes halogenated alkanes) is 3. The topological polar surface area (TPSA) is 9.72 Å². The first-order chi connectivity index (χ1) is 10.7. The molecule has 0 amide bonds. The Morgan fingerprint density at radius 2 is 1.43 bits per heavy atom. The fraction of sp³-hybridized carbons (Fsp3) is 1.00. The molecule has 23 heavy (non-hydrogen) atoms. The van der Waals surface area contributed by atoms with Gasteiger partial charge in [-0.25, -0.2) is 0 Å². The lowest BCUT2D eigenvalue weighted by Crippen LogP contribution is -2.50. The monoisotopic (exact) mass is 327 g/mol. The highest BCUT2D eigenvalue weighted by molar-refractivity contribution is 4.86. The average molecular weight is 328 g/mol. The third-order valence-electron chi connectivity index (χ3n) is 5.08. The SMILES string of the molecule is CCCCCCN(C)C(C)CC(C)(C)N(CCC)CCN(C)C. The maximum atomic E-state index is 2.69. The molecule has 0 aliphatic rings. The summed E-state index contributed by atoms with van der Waals surface area (Å²) < 4.78 is 0. The van der Waals surface area contributed by atoms with Crippen LogP contribution in [0.3, 0.4) is 0 Å². The average Bonchev–Trinajstić information content (AvgIpc) is 2.46. The smallest absolute Gasteiger partial charge is 0.0168 e. The minimum Gasteiger partial charge on any atom is -0.308 e. The van der Waals surface area contributed by atoms with Gasteiger partial charge in [0, 0.05) is 24.7 Å². The highest BCUT2D eigenvalue weighted by atomic mass is 15.2. The zero-order chi connectivity index (χ0) is 17.9. The summed E-state index contributed by atoms with van der Waals surface area (Å²) in [5.41, 5.74) is 0.267. The number of likely N-dealkylation sites (N-methyl/N-ethyl adjacent to an activating group) is 1. The van der Waals surface area contributed by atoms with Gasteiger partial charge in [0.05, 0.1) is 0 Å². The molecule has 3 heteroatoms. The Morgan fingerprint density at radius 3 is 1.96 bits per heavy atom. The van der Waals surface area contributed by atoms with Crippen LogP contribution in [-0.2, 0) is 0 Å². The van der Waals surface area contributed by atoms with E-state index in [9.17, 15) is 0 Å². The summed E-state index contributed by atoms with van der Waals surface area (Å²) in [4.78, 5) is 7.55. The minimum atomic E-state index is 0.267. The van der Waals surface area contributed by atoms with E-state index in [4.69, 9.17) is 0 Å². The van der Waals surface area contributed by atoms with E-state index >= 15 is 0 Å². The van der Waals surface area contributed by atoms with E-state index in [0.29, 0.717) is 6.04 Å². The van der Waals surface area contributed by atoms with Crippen molar-refractivity contribution in [2.75, 3.05) is 47.3 Å². The molecule has 0 rings (SSSR count). The molecule has 0 bridgehead atoms. The van der Waals surface area contributed by atoms with E-state index in [-0.39, 0.29) is 5.54 Å². The molecule has 0 aromatic heterocycles. The van der Waals surface area contributed by atoms with Gasteiger partial charge in [-0.15, -0.1) is 0 Å². The van der Waals surface area contributed by atoms with Gasteiger partial charge >= 0.3 is 0 Å². The van der Waals surface area contributed by atoms with Crippen molar-refractivity contribution in [1.29, 1.82) is 0 Å². The van der Waals surface area contributed by atoms with E-state index in [2.05, 4.69) is 70.5 Å². The van der Waals surface area contributed by atoms with Crippen molar-refractivity contribution in [3.63, 3.8) is 0 Å². The first-order valence-electron chi connectivity index (χ1n) is 9.84. The largest absolute Gasteiger partial charge is 0.308 e. The molecule has 1 unspecified atom stereocenters. The number of rotatable bonds is 14. The number of hydrogen-bond donors (Lipinski definition) is 0. The van der Waals surface area contributed by atoms with Crippen molar-refractivity contribution in [3.05, 3.63) is 0 Å². The highest BCUT2D eigenvalue weighted by Crippen LogP contribution is 2.23. The van der Waals surface area contributed by atoms with Gasteiger partial charge in [-0.3, -0.25) is 4.90 Å². The summed E-state index contributed by atoms with van der Waals surface area (Å²) >= 11 is 0. The van der Waals surface area contributed by atoms with E-state index in [0.717, 1.165) is 6.54 Å². The van der Waals surface area contributed by atoms with Gasteiger partial charge in [0.15, 0.2) is 0 Å². The molecule has 0 aliphatic heterocycles. The van der Waals surface area contributed by atoms with Crippen molar-refractivity contribution >= 4 is 0 Å². The Hall–Kier alpha value is -0.120. The molecule has 0 aromatic rings. The summed E-state index contributed by atoms with van der Waals surface area (Å²) in [6, 6.07) is 0.644. The van der Waals surface area contributed by atoms with Crippen molar-refractivity contribution in [2.24, 2.45) is 0 Å². The molecule has 0 heterocycles. The molecule has 0 radical (unpaired) electrons. The van der Waals surface area contributed by atoms with Crippen molar-refractivity contribution in [2.45, 2.75) is 84.7 Å². The first-order valence-corrected chi connectivity index (χ1v) is 9.84. The predicted octanol–water partition coefficient (Wildman–Crippen LogP) is 4.33. The fourth-order valence-electron chi connectivity index (χ4n) is 3.32. The molecule has 140 valence electrons. The number of nitrogens with zero attached hydrogens (tertiary/aromatic N) is 3. The molecule has 0 saturated heterocycles. The highest BCUT2D eigenvalue weighted by Gasteiger charge is 2.29. The Labute approximate surface area is 147 Å². The third kappa shape index (κ3) is 10.4. The van der Waals surface area contributed by atoms with E-state index in [1.54, 1.807) is 0 Å². The summed E-state index contributed by atoms with van der Waals surface area (Å²) in [6.45, 7) is 16.6. The molecular formula is C20H45N3. The Bertz CT molecular complexity index is 276. The second-order valence-electron chi connectivity index (χ2n) is 8.20. The fourth-order valence-corrected chi connectivity index (χ4v) is 3.32. The molecule has 0 aliphatic carbocycles. The summed E-state index contributed by atoms with van der Waals surface area (Å²) in [5, 5.41) is 0. The van der Waals surface area contributed by atoms with Crippen LogP contribution in [0.1, 0.15) is 73.1 Å². The first kappa shape index (κ1) is 22.9. The van der Waals surface area contributed by atoms with Gasteiger partial charge in [-0.2, -0.15) is 0 Å². The van der Waals surface area contributed by atoms with Gasteiger partial charge in [-0.1, -0.05) is 33.1 Å². The lowest BCUT2D eigenvalue weighted by atomic mass is 9.92. The van der Waals surface area contributed by atoms with Crippen LogP contribution in [0.5, 0.6) is 0 Å². The quantitative estimate of drug-likeness (QED) is 0.440. The Balaban J connectivity index is 4.45. The molecule has 0 spiro atoms. The Kier molecular flexibility index (Phi) is 12.2. The van der Waals surface area contributed by atoms with E-state index < -0.39 is 0 Å². The lowest BCUT2D eigenvalue weighted by Gasteiger charge is -2.42. The van der Waals surface area contributed by atoms with Crippen molar-refractivity contribution in [3.8, 4) is 0 Å². The summed E-state index contributed by atoms with van der Waals surface area (Å²) in [5.74, 6) is 0.